The molecule has 0 bridgehead atoms. The molecule has 2 aromatic carbocycles. The third-order valence-corrected chi connectivity index (χ3v) is 3.86. The van der Waals surface area contributed by atoms with Crippen LogP contribution in [0.1, 0.15) is 23.5 Å². The van der Waals surface area contributed by atoms with Gasteiger partial charge >= 0.3 is 0 Å². The largest absolute Gasteiger partial charge is 0.550 e. The topological polar surface area (TPSA) is 65.2 Å². The summed E-state index contributed by atoms with van der Waals surface area (Å²) in [7, 11) is 1.60. The third-order valence-electron chi connectivity index (χ3n) is 3.86. The lowest BCUT2D eigenvalue weighted by molar-refractivity contribution is -0.305. The predicted molar refractivity (Wildman–Crippen MR) is 82.8 cm³/mol. The van der Waals surface area contributed by atoms with Gasteiger partial charge in [-0.3, -0.25) is 0 Å². The number of methoxy groups -OCH3 is 1. The number of carbonyl (C=O) groups is 1. The molecule has 0 saturated carbocycles. The fraction of sp³-hybridized carbons (Fsp3) is 0.167. The van der Waals surface area contributed by atoms with E-state index in [1.807, 2.05) is 54.7 Å². The minimum absolute atomic E-state index is 0.0744. The maximum Gasteiger partial charge on any atom is 0.119 e. The average molecular weight is 294 g/mol. The van der Waals surface area contributed by atoms with Crippen molar-refractivity contribution in [2.24, 2.45) is 0 Å². The molecule has 1 aromatic heterocycles. The molecule has 0 radical (unpaired) electrons. The quantitative estimate of drug-likeness (QED) is 0.786. The Bertz CT molecular complexity index is 807. The van der Waals surface area contributed by atoms with Gasteiger partial charge in [0.2, 0.25) is 0 Å². The second-order valence-corrected chi connectivity index (χ2v) is 5.19. The SMILES string of the molecule is COc1cccc([C@@H](CC(=O)[O-])c2c[nH]c3ccccc23)c1. The zero-order valence-corrected chi connectivity index (χ0v) is 12.2. The Morgan fingerprint density at radius 1 is 1.23 bits per heavy atom. The highest BCUT2D eigenvalue weighted by atomic mass is 16.5. The third kappa shape index (κ3) is 2.68. The summed E-state index contributed by atoms with van der Waals surface area (Å²) in [6, 6.07) is 15.3. The zero-order chi connectivity index (χ0) is 15.5. The highest BCUT2D eigenvalue weighted by molar-refractivity contribution is 5.85. The summed E-state index contributed by atoms with van der Waals surface area (Å²) in [5.74, 6) is -0.643. The van der Waals surface area contributed by atoms with Gasteiger partial charge in [0.05, 0.1) is 7.11 Å². The van der Waals surface area contributed by atoms with Gasteiger partial charge in [-0.05, 0) is 35.7 Å². The molecular formula is C18H16NO3-. The van der Waals surface area contributed by atoms with E-state index in [2.05, 4.69) is 4.98 Å². The number of rotatable bonds is 5. The van der Waals surface area contributed by atoms with E-state index in [9.17, 15) is 9.90 Å². The van der Waals surface area contributed by atoms with E-state index in [1.54, 1.807) is 7.11 Å². The zero-order valence-electron chi connectivity index (χ0n) is 12.2. The fourth-order valence-corrected chi connectivity index (χ4v) is 2.81. The Kier molecular flexibility index (Phi) is 3.83. The van der Waals surface area contributed by atoms with E-state index < -0.39 is 5.97 Å². The van der Waals surface area contributed by atoms with Crippen LogP contribution in [0.15, 0.2) is 54.7 Å². The highest BCUT2D eigenvalue weighted by Gasteiger charge is 2.18. The van der Waals surface area contributed by atoms with E-state index in [0.717, 1.165) is 22.0 Å². The minimum Gasteiger partial charge on any atom is -0.550 e. The van der Waals surface area contributed by atoms with Crippen molar-refractivity contribution in [3.63, 3.8) is 0 Å². The van der Waals surface area contributed by atoms with Crippen LogP contribution in [0.3, 0.4) is 0 Å². The van der Waals surface area contributed by atoms with Crippen LogP contribution in [0.4, 0.5) is 0 Å². The number of aliphatic carboxylic acids is 1. The van der Waals surface area contributed by atoms with Crippen LogP contribution in [0.2, 0.25) is 0 Å². The van der Waals surface area contributed by atoms with Crippen molar-refractivity contribution in [2.45, 2.75) is 12.3 Å². The van der Waals surface area contributed by atoms with E-state index >= 15 is 0 Å². The van der Waals surface area contributed by atoms with Crippen molar-refractivity contribution in [3.8, 4) is 5.75 Å². The van der Waals surface area contributed by atoms with Crippen LogP contribution in [0.5, 0.6) is 5.75 Å². The van der Waals surface area contributed by atoms with Crippen LogP contribution in [0, 0.1) is 0 Å². The Hall–Kier alpha value is -2.75. The molecule has 0 fully saturated rings. The van der Waals surface area contributed by atoms with Crippen LogP contribution < -0.4 is 9.84 Å². The minimum atomic E-state index is -1.07. The van der Waals surface area contributed by atoms with Gasteiger partial charge < -0.3 is 19.6 Å². The predicted octanol–water partition coefficient (Wildman–Crippen LogP) is 2.45. The number of fused-ring (bicyclic) bond motifs is 1. The lowest BCUT2D eigenvalue weighted by Crippen LogP contribution is -2.24. The molecule has 4 nitrogen and oxygen atoms in total. The number of hydrogen-bond donors (Lipinski definition) is 1. The van der Waals surface area contributed by atoms with Gasteiger partial charge in [0.25, 0.3) is 0 Å². The number of hydrogen-bond acceptors (Lipinski definition) is 3. The summed E-state index contributed by atoms with van der Waals surface area (Å²) >= 11 is 0. The fourth-order valence-electron chi connectivity index (χ4n) is 2.81. The molecule has 0 spiro atoms. The number of nitrogens with one attached hydrogen (secondary N) is 1. The molecule has 1 atom stereocenters. The van der Waals surface area contributed by atoms with Gasteiger partial charge in [-0.25, -0.2) is 0 Å². The van der Waals surface area contributed by atoms with E-state index in [4.69, 9.17) is 4.74 Å². The van der Waals surface area contributed by atoms with Gasteiger partial charge in [-0.1, -0.05) is 30.3 Å². The molecule has 3 rings (SSSR count). The molecule has 22 heavy (non-hydrogen) atoms. The van der Waals surface area contributed by atoms with Crippen LogP contribution in [0.25, 0.3) is 10.9 Å². The molecule has 112 valence electrons. The first kappa shape index (κ1) is 14.2. The second-order valence-electron chi connectivity index (χ2n) is 5.19. The molecule has 3 aromatic rings. The summed E-state index contributed by atoms with van der Waals surface area (Å²) in [6.45, 7) is 0. The molecule has 1 N–H and O–H groups in total. The molecule has 0 aliphatic carbocycles. The van der Waals surface area contributed by atoms with Crippen LogP contribution in [-0.2, 0) is 4.79 Å². The molecule has 4 heteroatoms. The number of ether oxygens (including phenoxy) is 1. The first-order valence-electron chi connectivity index (χ1n) is 7.09. The lowest BCUT2D eigenvalue weighted by Gasteiger charge is -2.18. The molecule has 0 aliphatic rings. The van der Waals surface area contributed by atoms with E-state index in [-0.39, 0.29) is 12.3 Å². The monoisotopic (exact) mass is 294 g/mol. The summed E-state index contributed by atoms with van der Waals surface area (Å²) in [4.78, 5) is 14.4. The second kappa shape index (κ2) is 5.93. The first-order valence-corrected chi connectivity index (χ1v) is 7.09. The normalized spacial score (nSPS) is 12.2. The van der Waals surface area contributed by atoms with Gasteiger partial charge in [0, 0.05) is 29.0 Å². The number of carbonyl (C=O) groups excluding carboxylic acids is 1. The molecular weight excluding hydrogens is 278 g/mol. The Balaban J connectivity index is 2.11. The van der Waals surface area contributed by atoms with Crippen molar-refractivity contribution in [1.82, 2.24) is 4.98 Å². The maximum absolute atomic E-state index is 11.2. The Labute approximate surface area is 128 Å². The van der Waals surface area contributed by atoms with Crippen molar-refractivity contribution in [1.29, 1.82) is 0 Å². The standard InChI is InChI=1S/C18H17NO3/c1-22-13-6-4-5-12(9-13)15(10-18(20)21)16-11-19-17-8-3-2-7-14(16)17/h2-9,11,15,19H,10H2,1H3,(H,20,21)/p-1/t15-/m1/s1. The van der Waals surface area contributed by atoms with Gasteiger partial charge in [0.1, 0.15) is 5.75 Å². The van der Waals surface area contributed by atoms with Crippen molar-refractivity contribution >= 4 is 16.9 Å². The Morgan fingerprint density at radius 2 is 2.05 bits per heavy atom. The number of carboxylic acids is 1. The number of H-pyrrole nitrogens is 1. The Morgan fingerprint density at radius 3 is 2.82 bits per heavy atom. The number of aromatic nitrogens is 1. The maximum atomic E-state index is 11.2. The van der Waals surface area contributed by atoms with Gasteiger partial charge in [-0.15, -0.1) is 0 Å². The summed E-state index contributed by atoms with van der Waals surface area (Å²) < 4.78 is 5.24. The number of benzene rings is 2. The molecule has 1 heterocycles. The number of para-hydroxylation sites is 1. The highest BCUT2D eigenvalue weighted by Crippen LogP contribution is 2.34. The van der Waals surface area contributed by atoms with E-state index in [1.165, 1.54) is 0 Å². The first-order chi connectivity index (χ1) is 10.7. The van der Waals surface area contributed by atoms with Crippen molar-refractivity contribution in [3.05, 3.63) is 65.9 Å². The molecule has 0 aliphatic heterocycles. The van der Waals surface area contributed by atoms with Crippen LogP contribution in [-0.4, -0.2) is 18.1 Å². The summed E-state index contributed by atoms with van der Waals surface area (Å²) in [6.07, 6.45) is 1.80. The smallest absolute Gasteiger partial charge is 0.119 e. The molecule has 0 unspecified atom stereocenters. The summed E-state index contributed by atoms with van der Waals surface area (Å²) in [5.41, 5.74) is 2.84. The average Bonchev–Trinajstić information content (AvgIpc) is 2.96. The molecule has 0 saturated heterocycles. The van der Waals surface area contributed by atoms with E-state index in [0.29, 0.717) is 5.75 Å². The van der Waals surface area contributed by atoms with Gasteiger partial charge in [-0.2, -0.15) is 0 Å². The van der Waals surface area contributed by atoms with Gasteiger partial charge in [0.15, 0.2) is 0 Å². The lowest BCUT2D eigenvalue weighted by atomic mass is 9.88. The molecule has 0 amide bonds. The van der Waals surface area contributed by atoms with Crippen molar-refractivity contribution in [2.75, 3.05) is 7.11 Å². The number of carboxylic acid groups (broad SMARTS) is 1. The summed E-state index contributed by atoms with van der Waals surface area (Å²) in [5, 5.41) is 12.2. The van der Waals surface area contributed by atoms with Crippen LogP contribution >= 0.6 is 0 Å². The van der Waals surface area contributed by atoms with Crippen molar-refractivity contribution < 1.29 is 14.6 Å². The number of aromatic amines is 1.